The Morgan fingerprint density at radius 3 is 2.25 bits per heavy atom. The average Bonchev–Trinajstić information content (AvgIpc) is 2.25. The molecule has 0 N–H and O–H groups in total. The number of hydrogen-bond donors (Lipinski definition) is 0. The molecule has 0 unspecified atom stereocenters. The predicted octanol–water partition coefficient (Wildman–Crippen LogP) is 2.31. The quantitative estimate of drug-likeness (QED) is 0.438. The van der Waals surface area contributed by atoms with Crippen LogP contribution in [0, 0.1) is 30.9 Å². The first-order valence-electron chi connectivity index (χ1n) is 4.73. The van der Waals surface area contributed by atoms with Gasteiger partial charge in [0.25, 0.3) is 5.69 Å². The van der Waals surface area contributed by atoms with Crippen LogP contribution in [0.15, 0.2) is 6.07 Å². The van der Waals surface area contributed by atoms with E-state index < -0.39 is 10.9 Å². The molecule has 86 valence electrons. The van der Waals surface area contributed by atoms with Gasteiger partial charge >= 0.3 is 5.97 Å². The monoisotopic (exact) mass is 223 g/mol. The molecule has 0 fully saturated rings. The fourth-order valence-corrected chi connectivity index (χ4v) is 1.54. The molecule has 0 heterocycles. The number of methoxy groups -OCH3 is 1. The predicted molar refractivity (Wildman–Crippen MR) is 58.6 cm³/mol. The van der Waals surface area contributed by atoms with E-state index >= 15 is 0 Å². The summed E-state index contributed by atoms with van der Waals surface area (Å²) in [4.78, 5) is 21.7. The summed E-state index contributed by atoms with van der Waals surface area (Å²) in [5.41, 5.74) is 2.24. The molecule has 0 saturated carbocycles. The zero-order chi connectivity index (χ0) is 12.5. The average molecular weight is 223 g/mol. The van der Waals surface area contributed by atoms with Crippen LogP contribution in [0.1, 0.15) is 27.0 Å². The van der Waals surface area contributed by atoms with E-state index in [0.717, 1.165) is 11.1 Å². The highest BCUT2D eigenvalue weighted by Crippen LogP contribution is 2.27. The summed E-state index contributed by atoms with van der Waals surface area (Å²) in [5, 5.41) is 10.8. The lowest BCUT2D eigenvalue weighted by atomic mass is 9.97. The molecule has 0 amide bonds. The number of benzene rings is 1. The van der Waals surface area contributed by atoms with Gasteiger partial charge in [-0.1, -0.05) is 0 Å². The van der Waals surface area contributed by atoms with E-state index in [2.05, 4.69) is 4.74 Å². The van der Waals surface area contributed by atoms with Gasteiger partial charge in [0.05, 0.1) is 17.6 Å². The standard InChI is InChI=1S/C11H13NO4/c1-6-7(2)9(11(13)16-4)5-10(8(6)3)12(14)15/h5H,1-4H3. The van der Waals surface area contributed by atoms with Crippen molar-refractivity contribution in [1.29, 1.82) is 0 Å². The molecule has 0 aliphatic rings. The SMILES string of the molecule is COC(=O)c1cc([N+](=O)[O-])c(C)c(C)c1C. The Labute approximate surface area is 93.2 Å². The first-order chi connectivity index (χ1) is 7.40. The van der Waals surface area contributed by atoms with Crippen LogP contribution in [0.2, 0.25) is 0 Å². The van der Waals surface area contributed by atoms with E-state index in [1.165, 1.54) is 13.2 Å². The number of carbonyl (C=O) groups is 1. The third kappa shape index (κ3) is 1.88. The maximum Gasteiger partial charge on any atom is 0.338 e. The molecule has 0 saturated heterocycles. The summed E-state index contributed by atoms with van der Waals surface area (Å²) >= 11 is 0. The summed E-state index contributed by atoms with van der Waals surface area (Å²) in [7, 11) is 1.25. The summed E-state index contributed by atoms with van der Waals surface area (Å²) in [5.74, 6) is -0.552. The van der Waals surface area contributed by atoms with Gasteiger partial charge in [0.2, 0.25) is 0 Å². The zero-order valence-electron chi connectivity index (χ0n) is 9.66. The van der Waals surface area contributed by atoms with Crippen LogP contribution in [0.3, 0.4) is 0 Å². The Hall–Kier alpha value is -1.91. The van der Waals surface area contributed by atoms with Crippen molar-refractivity contribution in [2.75, 3.05) is 7.11 Å². The van der Waals surface area contributed by atoms with Crippen molar-refractivity contribution < 1.29 is 14.5 Å². The minimum Gasteiger partial charge on any atom is -0.465 e. The van der Waals surface area contributed by atoms with E-state index in [9.17, 15) is 14.9 Å². The molecule has 0 atom stereocenters. The number of hydrogen-bond acceptors (Lipinski definition) is 4. The second-order valence-corrected chi connectivity index (χ2v) is 3.57. The molecule has 0 aromatic heterocycles. The highest BCUT2D eigenvalue weighted by molar-refractivity contribution is 5.92. The van der Waals surface area contributed by atoms with Gasteiger partial charge < -0.3 is 4.74 Å². The summed E-state index contributed by atoms with van der Waals surface area (Å²) < 4.78 is 4.59. The molecule has 0 aliphatic carbocycles. The van der Waals surface area contributed by atoms with E-state index in [-0.39, 0.29) is 11.3 Å². The summed E-state index contributed by atoms with van der Waals surface area (Å²) in [6.07, 6.45) is 0. The molecule has 0 bridgehead atoms. The Morgan fingerprint density at radius 2 is 1.81 bits per heavy atom. The molecule has 0 radical (unpaired) electrons. The topological polar surface area (TPSA) is 69.4 Å². The number of nitrogens with zero attached hydrogens (tertiary/aromatic N) is 1. The zero-order valence-corrected chi connectivity index (χ0v) is 9.66. The molecule has 16 heavy (non-hydrogen) atoms. The number of ether oxygens (including phenoxy) is 1. The van der Waals surface area contributed by atoms with E-state index in [4.69, 9.17) is 0 Å². The molecular weight excluding hydrogens is 210 g/mol. The van der Waals surface area contributed by atoms with Crippen LogP contribution in [-0.2, 0) is 4.74 Å². The second-order valence-electron chi connectivity index (χ2n) is 3.57. The molecule has 1 rings (SSSR count). The highest BCUT2D eigenvalue weighted by Gasteiger charge is 2.21. The van der Waals surface area contributed by atoms with Gasteiger partial charge in [-0.2, -0.15) is 0 Å². The molecule has 0 aliphatic heterocycles. The lowest BCUT2D eigenvalue weighted by molar-refractivity contribution is -0.385. The maximum atomic E-state index is 11.4. The van der Waals surface area contributed by atoms with Crippen molar-refractivity contribution in [3.8, 4) is 0 Å². The van der Waals surface area contributed by atoms with Gasteiger partial charge in [-0.15, -0.1) is 0 Å². The van der Waals surface area contributed by atoms with Crippen molar-refractivity contribution in [2.45, 2.75) is 20.8 Å². The van der Waals surface area contributed by atoms with E-state index in [1.54, 1.807) is 20.8 Å². The third-order valence-corrected chi connectivity index (χ3v) is 2.80. The lowest BCUT2D eigenvalue weighted by Gasteiger charge is -2.10. The normalized spacial score (nSPS) is 10.0. The molecular formula is C11H13NO4. The van der Waals surface area contributed by atoms with Gasteiger partial charge in [0.15, 0.2) is 0 Å². The van der Waals surface area contributed by atoms with Crippen molar-refractivity contribution >= 4 is 11.7 Å². The second kappa shape index (κ2) is 4.30. The van der Waals surface area contributed by atoms with Crippen molar-refractivity contribution in [3.63, 3.8) is 0 Å². The number of esters is 1. The van der Waals surface area contributed by atoms with Gasteiger partial charge in [-0.05, 0) is 31.9 Å². The fraction of sp³-hybridized carbons (Fsp3) is 0.364. The molecule has 5 nitrogen and oxygen atoms in total. The Kier molecular flexibility index (Phi) is 3.27. The highest BCUT2D eigenvalue weighted by atomic mass is 16.6. The van der Waals surface area contributed by atoms with Gasteiger partial charge in [0, 0.05) is 11.6 Å². The van der Waals surface area contributed by atoms with Crippen molar-refractivity contribution in [1.82, 2.24) is 0 Å². The number of carbonyl (C=O) groups excluding carboxylic acids is 1. The number of rotatable bonds is 2. The van der Waals surface area contributed by atoms with E-state index in [0.29, 0.717) is 5.56 Å². The van der Waals surface area contributed by atoms with Crippen molar-refractivity contribution in [3.05, 3.63) is 38.4 Å². The molecule has 0 spiro atoms. The minimum atomic E-state index is -0.552. The summed E-state index contributed by atoms with van der Waals surface area (Å²) in [6, 6.07) is 1.27. The van der Waals surface area contributed by atoms with Crippen LogP contribution in [0.5, 0.6) is 0 Å². The van der Waals surface area contributed by atoms with Crippen LogP contribution in [-0.4, -0.2) is 18.0 Å². The maximum absolute atomic E-state index is 11.4. The number of nitro benzene ring substituents is 1. The van der Waals surface area contributed by atoms with Crippen LogP contribution in [0.4, 0.5) is 5.69 Å². The lowest BCUT2D eigenvalue weighted by Crippen LogP contribution is -2.08. The molecule has 1 aromatic rings. The van der Waals surface area contributed by atoms with Gasteiger partial charge in [-0.3, -0.25) is 10.1 Å². The molecule has 1 aromatic carbocycles. The Balaban J connectivity index is 3.53. The van der Waals surface area contributed by atoms with Crippen LogP contribution in [0.25, 0.3) is 0 Å². The minimum absolute atomic E-state index is 0.0523. The van der Waals surface area contributed by atoms with Crippen molar-refractivity contribution in [2.24, 2.45) is 0 Å². The summed E-state index contributed by atoms with van der Waals surface area (Å²) in [6.45, 7) is 5.17. The fourth-order valence-electron chi connectivity index (χ4n) is 1.54. The first kappa shape index (κ1) is 12.2. The van der Waals surface area contributed by atoms with E-state index in [1.807, 2.05) is 0 Å². The first-order valence-corrected chi connectivity index (χ1v) is 4.73. The smallest absolute Gasteiger partial charge is 0.338 e. The van der Waals surface area contributed by atoms with Crippen LogP contribution < -0.4 is 0 Å². The molecule has 5 heteroatoms. The number of nitro groups is 1. The Bertz CT molecular complexity index is 466. The largest absolute Gasteiger partial charge is 0.465 e. The van der Waals surface area contributed by atoms with Gasteiger partial charge in [0.1, 0.15) is 0 Å². The van der Waals surface area contributed by atoms with Gasteiger partial charge in [-0.25, -0.2) is 4.79 Å². The Morgan fingerprint density at radius 1 is 1.25 bits per heavy atom. The van der Waals surface area contributed by atoms with Crippen LogP contribution >= 0.6 is 0 Å². The third-order valence-electron chi connectivity index (χ3n) is 2.80.